The summed E-state index contributed by atoms with van der Waals surface area (Å²) in [5.74, 6) is 0. The van der Waals surface area contributed by atoms with Crippen molar-refractivity contribution in [3.8, 4) is 0 Å². The van der Waals surface area contributed by atoms with E-state index in [0.29, 0.717) is 0 Å². The Morgan fingerprint density at radius 1 is 1.55 bits per heavy atom. The molecule has 2 aromatic heterocycles. The predicted octanol–water partition coefficient (Wildman–Crippen LogP) is 3.19. The lowest BCUT2D eigenvalue weighted by atomic mass is 10.3. The van der Waals surface area contributed by atoms with Gasteiger partial charge in [0.15, 0.2) is 0 Å². The van der Waals surface area contributed by atoms with Crippen LogP contribution in [-0.2, 0) is 5.33 Å². The predicted molar refractivity (Wildman–Crippen MR) is 52.3 cm³/mol. The van der Waals surface area contributed by atoms with Crippen molar-refractivity contribution < 1.29 is 0 Å². The minimum atomic E-state index is 0.937. The first kappa shape index (κ1) is 7.25. The average molecular weight is 228 g/mol. The van der Waals surface area contributed by atoms with Crippen LogP contribution in [-0.4, -0.2) is 4.98 Å². The Labute approximate surface area is 77.2 Å². The highest BCUT2D eigenvalue weighted by Gasteiger charge is 1.98. The molecule has 56 valence electrons. The number of nitrogens with zero attached hydrogens (tertiary/aromatic N) is 1. The van der Waals surface area contributed by atoms with E-state index in [1.165, 1.54) is 15.0 Å². The van der Waals surface area contributed by atoms with Gasteiger partial charge in [0.05, 0.1) is 0 Å². The van der Waals surface area contributed by atoms with Crippen LogP contribution in [0.15, 0.2) is 24.5 Å². The molecular formula is C8H6BrNS. The summed E-state index contributed by atoms with van der Waals surface area (Å²) in [5, 5.41) is 2.18. The third-order valence-electron chi connectivity index (χ3n) is 1.50. The third kappa shape index (κ3) is 1.30. The molecule has 1 nitrogen and oxygen atoms in total. The zero-order valence-corrected chi connectivity index (χ0v) is 8.15. The molecular weight excluding hydrogens is 222 g/mol. The van der Waals surface area contributed by atoms with Crippen molar-refractivity contribution >= 4 is 37.4 Å². The molecule has 2 rings (SSSR count). The highest BCUT2D eigenvalue weighted by molar-refractivity contribution is 9.08. The summed E-state index contributed by atoms with van der Waals surface area (Å²) in [6.07, 6.45) is 3.73. The highest BCUT2D eigenvalue weighted by atomic mass is 79.9. The standard InChI is InChI=1S/C8H6BrNS/c9-4-7-3-6-5-10-2-1-8(6)11-7/h1-3,5H,4H2. The molecule has 0 saturated carbocycles. The number of hydrogen-bond acceptors (Lipinski definition) is 2. The molecule has 2 aromatic rings. The minimum absolute atomic E-state index is 0.937. The number of pyridine rings is 1. The van der Waals surface area contributed by atoms with E-state index in [-0.39, 0.29) is 0 Å². The van der Waals surface area contributed by atoms with E-state index in [1.807, 2.05) is 29.8 Å². The van der Waals surface area contributed by atoms with Crippen molar-refractivity contribution in [1.29, 1.82) is 0 Å². The van der Waals surface area contributed by atoms with Crippen LogP contribution in [0.1, 0.15) is 4.88 Å². The van der Waals surface area contributed by atoms with Gasteiger partial charge in [-0.3, -0.25) is 4.98 Å². The van der Waals surface area contributed by atoms with E-state index in [1.54, 1.807) is 0 Å². The van der Waals surface area contributed by atoms with E-state index in [4.69, 9.17) is 0 Å². The van der Waals surface area contributed by atoms with Gasteiger partial charge in [0.2, 0.25) is 0 Å². The summed E-state index contributed by atoms with van der Waals surface area (Å²) < 4.78 is 1.31. The van der Waals surface area contributed by atoms with E-state index in [9.17, 15) is 0 Å². The average Bonchev–Trinajstić information content (AvgIpc) is 2.46. The van der Waals surface area contributed by atoms with Gasteiger partial charge < -0.3 is 0 Å². The van der Waals surface area contributed by atoms with Crippen molar-refractivity contribution in [2.45, 2.75) is 5.33 Å². The quantitative estimate of drug-likeness (QED) is 0.683. The first-order valence-electron chi connectivity index (χ1n) is 3.28. The Kier molecular flexibility index (Phi) is 1.92. The smallest absolute Gasteiger partial charge is 0.0377 e. The molecule has 0 atom stereocenters. The molecule has 0 unspecified atom stereocenters. The number of alkyl halides is 1. The zero-order valence-electron chi connectivity index (χ0n) is 5.75. The van der Waals surface area contributed by atoms with E-state index >= 15 is 0 Å². The van der Waals surface area contributed by atoms with E-state index in [0.717, 1.165) is 5.33 Å². The molecule has 11 heavy (non-hydrogen) atoms. The molecule has 0 aliphatic carbocycles. The van der Waals surface area contributed by atoms with Gasteiger partial charge >= 0.3 is 0 Å². The maximum absolute atomic E-state index is 4.05. The van der Waals surface area contributed by atoms with Crippen LogP contribution in [0.25, 0.3) is 10.1 Å². The van der Waals surface area contributed by atoms with Crippen molar-refractivity contribution in [2.24, 2.45) is 0 Å². The molecule has 0 N–H and O–H groups in total. The van der Waals surface area contributed by atoms with Gasteiger partial charge in [-0.25, -0.2) is 0 Å². The molecule has 0 aliphatic heterocycles. The van der Waals surface area contributed by atoms with E-state index < -0.39 is 0 Å². The second kappa shape index (κ2) is 2.91. The van der Waals surface area contributed by atoms with Crippen LogP contribution in [0.4, 0.5) is 0 Å². The third-order valence-corrected chi connectivity index (χ3v) is 3.59. The van der Waals surface area contributed by atoms with Crippen LogP contribution in [0, 0.1) is 0 Å². The topological polar surface area (TPSA) is 12.9 Å². The highest BCUT2D eigenvalue weighted by Crippen LogP contribution is 2.25. The fourth-order valence-electron chi connectivity index (χ4n) is 1.01. The van der Waals surface area contributed by atoms with Crippen LogP contribution in [0.3, 0.4) is 0 Å². The molecule has 0 fully saturated rings. The number of fused-ring (bicyclic) bond motifs is 1. The molecule has 3 heteroatoms. The number of thiophene rings is 1. The molecule has 0 aromatic carbocycles. The summed E-state index contributed by atoms with van der Waals surface area (Å²) in [6.45, 7) is 0. The van der Waals surface area contributed by atoms with E-state index in [2.05, 4.69) is 27.0 Å². The van der Waals surface area contributed by atoms with Crippen LogP contribution in [0.5, 0.6) is 0 Å². The lowest BCUT2D eigenvalue weighted by Gasteiger charge is -1.81. The van der Waals surface area contributed by atoms with Gasteiger partial charge in [-0.05, 0) is 12.1 Å². The Bertz CT molecular complexity index is 336. The number of halogens is 1. The van der Waals surface area contributed by atoms with Gasteiger partial charge in [-0.2, -0.15) is 0 Å². The van der Waals surface area contributed by atoms with Crippen LogP contribution in [0.2, 0.25) is 0 Å². The van der Waals surface area contributed by atoms with Gasteiger partial charge in [-0.1, -0.05) is 15.9 Å². The van der Waals surface area contributed by atoms with Gasteiger partial charge in [0, 0.05) is 32.7 Å². The summed E-state index contributed by atoms with van der Waals surface area (Å²) in [4.78, 5) is 5.41. The molecule has 0 saturated heterocycles. The lowest BCUT2D eigenvalue weighted by Crippen LogP contribution is -1.65. The second-order valence-corrected chi connectivity index (χ2v) is 3.99. The second-order valence-electron chi connectivity index (χ2n) is 2.26. The monoisotopic (exact) mass is 227 g/mol. The van der Waals surface area contributed by atoms with Crippen molar-refractivity contribution in [3.63, 3.8) is 0 Å². The summed E-state index contributed by atoms with van der Waals surface area (Å²) in [6, 6.07) is 4.22. The molecule has 0 aliphatic rings. The fourth-order valence-corrected chi connectivity index (χ4v) is 2.39. The molecule has 0 bridgehead atoms. The largest absolute Gasteiger partial charge is 0.264 e. The minimum Gasteiger partial charge on any atom is -0.264 e. The maximum atomic E-state index is 4.05. The zero-order chi connectivity index (χ0) is 7.68. The first-order chi connectivity index (χ1) is 5.40. The molecule has 0 amide bonds. The van der Waals surface area contributed by atoms with Crippen molar-refractivity contribution in [1.82, 2.24) is 4.98 Å². The van der Waals surface area contributed by atoms with Gasteiger partial charge in [-0.15, -0.1) is 11.3 Å². The number of aromatic nitrogens is 1. The Morgan fingerprint density at radius 3 is 3.18 bits per heavy atom. The number of hydrogen-bond donors (Lipinski definition) is 0. The SMILES string of the molecule is BrCc1cc2cnccc2s1. The van der Waals surface area contributed by atoms with Crippen LogP contribution < -0.4 is 0 Å². The Hall–Kier alpha value is -0.410. The van der Waals surface area contributed by atoms with Crippen molar-refractivity contribution in [2.75, 3.05) is 0 Å². The van der Waals surface area contributed by atoms with Crippen LogP contribution >= 0.6 is 27.3 Å². The fraction of sp³-hybridized carbons (Fsp3) is 0.125. The normalized spacial score (nSPS) is 10.6. The Balaban J connectivity index is 2.69. The molecule has 0 radical (unpaired) electrons. The first-order valence-corrected chi connectivity index (χ1v) is 5.22. The molecule has 0 spiro atoms. The summed E-state index contributed by atoms with van der Waals surface area (Å²) in [7, 11) is 0. The molecule has 2 heterocycles. The van der Waals surface area contributed by atoms with Gasteiger partial charge in [0.25, 0.3) is 0 Å². The van der Waals surface area contributed by atoms with Crippen molar-refractivity contribution in [3.05, 3.63) is 29.4 Å². The number of rotatable bonds is 1. The Morgan fingerprint density at radius 2 is 2.45 bits per heavy atom. The summed E-state index contributed by atoms with van der Waals surface area (Å²) in [5.41, 5.74) is 0. The lowest BCUT2D eigenvalue weighted by molar-refractivity contribution is 1.37. The van der Waals surface area contributed by atoms with Gasteiger partial charge in [0.1, 0.15) is 0 Å². The maximum Gasteiger partial charge on any atom is 0.0377 e. The summed E-state index contributed by atoms with van der Waals surface area (Å²) >= 11 is 5.24.